The second kappa shape index (κ2) is 5.96. The first-order valence-electron chi connectivity index (χ1n) is 7.52. The number of hydrogen-bond acceptors (Lipinski definition) is 6. The Hall–Kier alpha value is -2.08. The summed E-state index contributed by atoms with van der Waals surface area (Å²) >= 11 is 0. The molecule has 118 valence electrons. The number of methoxy groups -OCH3 is 2. The molecule has 0 bridgehead atoms. The molecular formula is C16H21N3O3. The standard InChI is InChI=1S/C16H21N3O3/c1-20-11-6-7-12(13(10-11)21-2)14-18-15(19-22-14)16(17)8-4-3-5-9-16/h6-7,10H,3-5,8-9,17H2,1-2H3. The molecule has 0 saturated heterocycles. The zero-order chi connectivity index (χ0) is 15.6. The van der Waals surface area contributed by atoms with E-state index in [2.05, 4.69) is 10.1 Å². The molecule has 6 heteroatoms. The Kier molecular flexibility index (Phi) is 4.02. The van der Waals surface area contributed by atoms with Gasteiger partial charge in [-0.25, -0.2) is 0 Å². The lowest BCUT2D eigenvalue weighted by atomic mass is 9.82. The van der Waals surface area contributed by atoms with E-state index < -0.39 is 5.54 Å². The van der Waals surface area contributed by atoms with E-state index in [0.717, 1.165) is 31.2 Å². The van der Waals surface area contributed by atoms with E-state index in [1.54, 1.807) is 20.3 Å². The molecule has 1 fully saturated rings. The molecule has 1 aliphatic rings. The number of nitrogens with zero attached hydrogens (tertiary/aromatic N) is 2. The van der Waals surface area contributed by atoms with Gasteiger partial charge in [-0.15, -0.1) is 0 Å². The normalized spacial score (nSPS) is 17.2. The van der Waals surface area contributed by atoms with Crippen LogP contribution in [0.1, 0.15) is 37.9 Å². The summed E-state index contributed by atoms with van der Waals surface area (Å²) in [6.45, 7) is 0. The molecule has 0 aliphatic heterocycles. The summed E-state index contributed by atoms with van der Waals surface area (Å²) in [5, 5.41) is 4.11. The van der Waals surface area contributed by atoms with E-state index in [-0.39, 0.29) is 0 Å². The van der Waals surface area contributed by atoms with Crippen molar-refractivity contribution in [2.24, 2.45) is 5.73 Å². The Bertz CT molecular complexity index is 648. The number of nitrogens with two attached hydrogens (primary N) is 1. The largest absolute Gasteiger partial charge is 0.497 e. The first kappa shape index (κ1) is 14.8. The molecule has 1 aromatic heterocycles. The van der Waals surface area contributed by atoms with Crippen molar-refractivity contribution in [2.45, 2.75) is 37.6 Å². The van der Waals surface area contributed by atoms with Crippen LogP contribution in [-0.4, -0.2) is 24.4 Å². The molecule has 2 aromatic rings. The highest BCUT2D eigenvalue weighted by molar-refractivity contribution is 5.64. The Morgan fingerprint density at radius 1 is 1.14 bits per heavy atom. The molecule has 1 aromatic carbocycles. The minimum Gasteiger partial charge on any atom is -0.497 e. The van der Waals surface area contributed by atoms with Gasteiger partial charge in [0.15, 0.2) is 5.82 Å². The van der Waals surface area contributed by atoms with Gasteiger partial charge >= 0.3 is 0 Å². The van der Waals surface area contributed by atoms with E-state index >= 15 is 0 Å². The number of ether oxygens (including phenoxy) is 2. The Labute approximate surface area is 129 Å². The van der Waals surface area contributed by atoms with Gasteiger partial charge < -0.3 is 19.7 Å². The van der Waals surface area contributed by atoms with Crippen LogP contribution in [0.25, 0.3) is 11.5 Å². The topological polar surface area (TPSA) is 83.4 Å². The van der Waals surface area contributed by atoms with Gasteiger partial charge in [0, 0.05) is 6.07 Å². The maximum atomic E-state index is 6.45. The number of rotatable bonds is 4. The SMILES string of the molecule is COc1ccc(-c2nc(C3(N)CCCCC3)no2)c(OC)c1. The summed E-state index contributed by atoms with van der Waals surface area (Å²) in [5.74, 6) is 2.34. The quantitative estimate of drug-likeness (QED) is 0.935. The fourth-order valence-corrected chi connectivity index (χ4v) is 2.92. The lowest BCUT2D eigenvalue weighted by molar-refractivity contribution is 0.275. The van der Waals surface area contributed by atoms with Crippen LogP contribution in [0, 0.1) is 0 Å². The molecule has 1 heterocycles. The molecule has 22 heavy (non-hydrogen) atoms. The van der Waals surface area contributed by atoms with Gasteiger partial charge in [-0.2, -0.15) is 4.98 Å². The van der Waals surface area contributed by atoms with E-state index in [4.69, 9.17) is 19.7 Å². The van der Waals surface area contributed by atoms with Crippen molar-refractivity contribution in [1.82, 2.24) is 10.1 Å². The van der Waals surface area contributed by atoms with E-state index in [0.29, 0.717) is 23.2 Å². The first-order chi connectivity index (χ1) is 10.7. The predicted molar refractivity (Wildman–Crippen MR) is 81.8 cm³/mol. The number of aromatic nitrogens is 2. The van der Waals surface area contributed by atoms with E-state index in [9.17, 15) is 0 Å². The summed E-state index contributed by atoms with van der Waals surface area (Å²) in [6.07, 6.45) is 5.21. The van der Waals surface area contributed by atoms with Gasteiger partial charge in [-0.05, 0) is 25.0 Å². The zero-order valence-corrected chi connectivity index (χ0v) is 13.0. The van der Waals surface area contributed by atoms with E-state index in [1.165, 1.54) is 6.42 Å². The van der Waals surface area contributed by atoms with Crippen molar-refractivity contribution < 1.29 is 14.0 Å². The lowest BCUT2D eigenvalue weighted by Crippen LogP contribution is -2.39. The maximum absolute atomic E-state index is 6.45. The van der Waals surface area contributed by atoms with Crippen molar-refractivity contribution in [3.63, 3.8) is 0 Å². The van der Waals surface area contributed by atoms with Gasteiger partial charge in [0.1, 0.15) is 11.5 Å². The molecular weight excluding hydrogens is 282 g/mol. The van der Waals surface area contributed by atoms with Gasteiger partial charge in [-0.1, -0.05) is 24.4 Å². The summed E-state index contributed by atoms with van der Waals surface area (Å²) in [5.41, 5.74) is 6.72. The fourth-order valence-electron chi connectivity index (χ4n) is 2.92. The van der Waals surface area contributed by atoms with Crippen LogP contribution < -0.4 is 15.2 Å². The van der Waals surface area contributed by atoms with Crippen LogP contribution in [0.15, 0.2) is 22.7 Å². The Balaban J connectivity index is 1.93. The predicted octanol–water partition coefficient (Wildman–Crippen LogP) is 2.87. The molecule has 0 atom stereocenters. The van der Waals surface area contributed by atoms with Crippen molar-refractivity contribution in [3.05, 3.63) is 24.0 Å². The van der Waals surface area contributed by atoms with Crippen LogP contribution in [0.3, 0.4) is 0 Å². The molecule has 2 N–H and O–H groups in total. The Morgan fingerprint density at radius 3 is 2.59 bits per heavy atom. The van der Waals surface area contributed by atoms with Crippen molar-refractivity contribution in [1.29, 1.82) is 0 Å². The third-order valence-electron chi connectivity index (χ3n) is 4.26. The highest BCUT2D eigenvalue weighted by atomic mass is 16.5. The average Bonchev–Trinajstić information content (AvgIpc) is 3.05. The van der Waals surface area contributed by atoms with Gasteiger partial charge in [0.25, 0.3) is 5.89 Å². The minimum absolute atomic E-state index is 0.421. The number of hydrogen-bond donors (Lipinski definition) is 1. The van der Waals surface area contributed by atoms with E-state index in [1.807, 2.05) is 12.1 Å². The zero-order valence-electron chi connectivity index (χ0n) is 13.0. The number of benzene rings is 1. The van der Waals surface area contributed by atoms with Crippen LogP contribution >= 0.6 is 0 Å². The fraction of sp³-hybridized carbons (Fsp3) is 0.500. The molecule has 6 nitrogen and oxygen atoms in total. The second-order valence-corrected chi connectivity index (χ2v) is 5.71. The Morgan fingerprint density at radius 2 is 1.91 bits per heavy atom. The molecule has 1 aliphatic carbocycles. The van der Waals surface area contributed by atoms with Gasteiger partial charge in [0.2, 0.25) is 0 Å². The third-order valence-corrected chi connectivity index (χ3v) is 4.26. The van der Waals surface area contributed by atoms with Gasteiger partial charge in [-0.3, -0.25) is 0 Å². The van der Waals surface area contributed by atoms with Crippen LogP contribution in [0.2, 0.25) is 0 Å². The summed E-state index contributed by atoms with van der Waals surface area (Å²) in [6, 6.07) is 5.47. The maximum Gasteiger partial charge on any atom is 0.261 e. The van der Waals surface area contributed by atoms with Gasteiger partial charge in [0.05, 0.1) is 25.3 Å². The second-order valence-electron chi connectivity index (χ2n) is 5.71. The highest BCUT2D eigenvalue weighted by Gasteiger charge is 2.34. The minimum atomic E-state index is -0.473. The molecule has 1 saturated carbocycles. The first-order valence-corrected chi connectivity index (χ1v) is 7.52. The van der Waals surface area contributed by atoms with Crippen molar-refractivity contribution >= 4 is 0 Å². The average molecular weight is 303 g/mol. The van der Waals surface area contributed by atoms with Crippen molar-refractivity contribution in [2.75, 3.05) is 14.2 Å². The summed E-state index contributed by atoms with van der Waals surface area (Å²) < 4.78 is 16.0. The van der Waals surface area contributed by atoms with Crippen LogP contribution in [0.5, 0.6) is 11.5 Å². The lowest BCUT2D eigenvalue weighted by Gasteiger charge is -2.29. The smallest absolute Gasteiger partial charge is 0.261 e. The summed E-state index contributed by atoms with van der Waals surface area (Å²) in [4.78, 5) is 4.52. The van der Waals surface area contributed by atoms with Crippen LogP contribution in [0.4, 0.5) is 0 Å². The molecule has 0 radical (unpaired) electrons. The molecule has 0 spiro atoms. The molecule has 0 unspecified atom stereocenters. The molecule has 0 amide bonds. The highest BCUT2D eigenvalue weighted by Crippen LogP contribution is 2.36. The monoisotopic (exact) mass is 303 g/mol. The molecule has 3 rings (SSSR count). The third kappa shape index (κ3) is 2.66. The van der Waals surface area contributed by atoms with Crippen molar-refractivity contribution in [3.8, 4) is 23.0 Å². The summed E-state index contributed by atoms with van der Waals surface area (Å²) in [7, 11) is 3.21. The van der Waals surface area contributed by atoms with Crippen LogP contribution in [-0.2, 0) is 5.54 Å².